The Morgan fingerprint density at radius 3 is 2.49 bits per heavy atom. The summed E-state index contributed by atoms with van der Waals surface area (Å²) in [6.07, 6.45) is 8.42. The SMILES string of the molecule is CC(=O)/C=C(/C)O.Cc1cccc2c1oc1c(-c3nccc4cc(C5CCCC5)ccc34)[c-]ccc12.[Ir]. The van der Waals surface area contributed by atoms with Crippen molar-refractivity contribution < 1.29 is 34.4 Å². The fourth-order valence-corrected chi connectivity index (χ4v) is 5.28. The van der Waals surface area contributed by atoms with Crippen molar-refractivity contribution in [2.75, 3.05) is 0 Å². The molecule has 1 fully saturated rings. The Morgan fingerprint density at radius 2 is 1.78 bits per heavy atom. The third-order valence-corrected chi connectivity index (χ3v) is 6.92. The molecule has 0 unspecified atom stereocenters. The molecular formula is C32H30IrNO3-. The average Bonchev–Trinajstić information content (AvgIpc) is 3.52. The molecule has 0 amide bonds. The van der Waals surface area contributed by atoms with Crippen LogP contribution >= 0.6 is 0 Å². The summed E-state index contributed by atoms with van der Waals surface area (Å²) in [5, 5.41) is 13.0. The van der Waals surface area contributed by atoms with Gasteiger partial charge in [0, 0.05) is 37.8 Å². The van der Waals surface area contributed by atoms with E-state index in [0.717, 1.165) is 44.1 Å². The Labute approximate surface area is 230 Å². The molecule has 191 valence electrons. The number of rotatable bonds is 3. The van der Waals surface area contributed by atoms with Gasteiger partial charge in [0.2, 0.25) is 0 Å². The van der Waals surface area contributed by atoms with Crippen molar-refractivity contribution in [2.45, 2.75) is 52.4 Å². The van der Waals surface area contributed by atoms with E-state index in [-0.39, 0.29) is 31.6 Å². The summed E-state index contributed by atoms with van der Waals surface area (Å²) in [5.41, 5.74) is 6.33. The number of fused-ring (bicyclic) bond motifs is 4. The van der Waals surface area contributed by atoms with Gasteiger partial charge in [-0.3, -0.25) is 4.79 Å². The van der Waals surface area contributed by atoms with Crippen molar-refractivity contribution in [2.24, 2.45) is 0 Å². The number of benzene rings is 3. The van der Waals surface area contributed by atoms with E-state index in [9.17, 15) is 4.79 Å². The number of para-hydroxylation sites is 1. The number of carbonyl (C=O) groups excluding carboxylic acids is 1. The van der Waals surface area contributed by atoms with E-state index in [1.54, 1.807) is 0 Å². The van der Waals surface area contributed by atoms with Crippen LogP contribution in [0, 0.1) is 13.0 Å². The Balaban J connectivity index is 0.000000356. The van der Waals surface area contributed by atoms with E-state index in [4.69, 9.17) is 14.5 Å². The van der Waals surface area contributed by atoms with Crippen molar-refractivity contribution >= 4 is 38.5 Å². The van der Waals surface area contributed by atoms with Gasteiger partial charge in [-0.05, 0) is 73.2 Å². The van der Waals surface area contributed by atoms with Gasteiger partial charge in [-0.25, -0.2) is 0 Å². The number of aliphatic hydroxyl groups excluding tert-OH is 1. The van der Waals surface area contributed by atoms with Crippen LogP contribution in [-0.2, 0) is 24.9 Å². The molecule has 0 aliphatic heterocycles. The topological polar surface area (TPSA) is 63.3 Å². The van der Waals surface area contributed by atoms with E-state index in [0.29, 0.717) is 5.92 Å². The van der Waals surface area contributed by atoms with Crippen molar-refractivity contribution in [3.8, 4) is 11.3 Å². The fourth-order valence-electron chi connectivity index (χ4n) is 5.28. The quantitative estimate of drug-likeness (QED) is 0.119. The number of pyridine rings is 1. The van der Waals surface area contributed by atoms with Gasteiger partial charge in [-0.2, -0.15) is 0 Å². The molecule has 37 heavy (non-hydrogen) atoms. The van der Waals surface area contributed by atoms with Crippen LogP contribution in [0.15, 0.2) is 77.0 Å². The minimum absolute atomic E-state index is 0. The number of nitrogens with zero attached hydrogens (tertiary/aromatic N) is 1. The maximum absolute atomic E-state index is 10.0. The zero-order valence-corrected chi connectivity index (χ0v) is 23.7. The summed E-state index contributed by atoms with van der Waals surface area (Å²) < 4.78 is 6.35. The molecule has 0 spiro atoms. The van der Waals surface area contributed by atoms with Crippen LogP contribution < -0.4 is 0 Å². The minimum Gasteiger partial charge on any atom is -0.512 e. The van der Waals surface area contributed by atoms with E-state index < -0.39 is 0 Å². The first-order valence-corrected chi connectivity index (χ1v) is 12.5. The van der Waals surface area contributed by atoms with Crippen molar-refractivity contribution in [3.05, 3.63) is 89.8 Å². The molecule has 1 saturated carbocycles. The van der Waals surface area contributed by atoms with Crippen LogP contribution in [0.25, 0.3) is 44.0 Å². The number of carbonyl (C=O) groups is 1. The summed E-state index contributed by atoms with van der Waals surface area (Å²) in [6.45, 7) is 4.94. The Bertz CT molecular complexity index is 1610. The standard InChI is InChI=1S/C27H22NO.C5H8O2.Ir/c1-17-6-4-9-22-23-10-5-11-24(27(23)29-26(17)22)25-21-13-12-19(18-7-2-3-8-18)16-20(21)14-15-28-25;1-4(6)3-5(2)7;/h4-6,9-10,12-16,18H,2-3,7-8H2,1H3;3,6H,1-2H3;/q-1;;/b;4-3-;. The van der Waals surface area contributed by atoms with Gasteiger partial charge in [0.25, 0.3) is 0 Å². The third kappa shape index (κ3) is 5.53. The molecule has 5 heteroatoms. The number of hydrogen-bond acceptors (Lipinski definition) is 4. The van der Waals surface area contributed by atoms with Crippen LogP contribution in [0.5, 0.6) is 0 Å². The van der Waals surface area contributed by atoms with E-state index in [1.165, 1.54) is 56.6 Å². The van der Waals surface area contributed by atoms with Crippen LogP contribution in [0.1, 0.15) is 56.6 Å². The molecule has 0 atom stereocenters. The molecule has 0 saturated heterocycles. The van der Waals surface area contributed by atoms with Gasteiger partial charge in [0.1, 0.15) is 5.58 Å². The molecule has 6 rings (SSSR count). The Kier molecular flexibility index (Phi) is 8.26. The van der Waals surface area contributed by atoms with Gasteiger partial charge < -0.3 is 14.5 Å². The third-order valence-electron chi connectivity index (χ3n) is 6.92. The largest absolute Gasteiger partial charge is 0.512 e. The Hall–Kier alpha value is -3.27. The molecule has 1 N–H and O–H groups in total. The summed E-state index contributed by atoms with van der Waals surface area (Å²) in [5.74, 6) is 0.650. The number of aromatic nitrogens is 1. The average molecular weight is 669 g/mol. The molecule has 1 aliphatic carbocycles. The van der Waals surface area contributed by atoms with Gasteiger partial charge in [-0.15, -0.1) is 18.2 Å². The maximum atomic E-state index is 10.0. The second-order valence-corrected chi connectivity index (χ2v) is 9.67. The van der Waals surface area contributed by atoms with Crippen LogP contribution in [-0.4, -0.2) is 15.9 Å². The molecule has 5 aromatic rings. The zero-order valence-electron chi connectivity index (χ0n) is 21.3. The number of ketones is 1. The van der Waals surface area contributed by atoms with Gasteiger partial charge in [0.15, 0.2) is 5.78 Å². The van der Waals surface area contributed by atoms with Gasteiger partial charge in [-0.1, -0.05) is 60.2 Å². The van der Waals surface area contributed by atoms with Gasteiger partial charge >= 0.3 is 0 Å². The summed E-state index contributed by atoms with van der Waals surface area (Å²) in [6, 6.07) is 22.8. The molecule has 1 aliphatic rings. The maximum Gasteiger partial charge on any atom is 0.155 e. The van der Waals surface area contributed by atoms with Crippen molar-refractivity contribution in [1.82, 2.24) is 4.98 Å². The zero-order chi connectivity index (χ0) is 25.2. The molecule has 2 aromatic heterocycles. The smallest absolute Gasteiger partial charge is 0.155 e. The van der Waals surface area contributed by atoms with E-state index >= 15 is 0 Å². The molecular weight excluding hydrogens is 639 g/mol. The normalized spacial score (nSPS) is 14.0. The number of aliphatic hydroxyl groups is 1. The minimum atomic E-state index is -0.125. The molecule has 3 aromatic carbocycles. The first-order chi connectivity index (χ1) is 17.4. The fraction of sp³-hybridized carbons (Fsp3) is 0.250. The summed E-state index contributed by atoms with van der Waals surface area (Å²) in [4.78, 5) is 14.8. The molecule has 4 nitrogen and oxygen atoms in total. The number of allylic oxidation sites excluding steroid dienone is 2. The van der Waals surface area contributed by atoms with Crippen LogP contribution in [0.3, 0.4) is 0 Å². The molecule has 0 bridgehead atoms. The van der Waals surface area contributed by atoms with E-state index in [2.05, 4.69) is 61.5 Å². The predicted octanol–water partition coefficient (Wildman–Crippen LogP) is 8.60. The molecule has 1 radical (unpaired) electrons. The van der Waals surface area contributed by atoms with Crippen molar-refractivity contribution in [3.63, 3.8) is 0 Å². The predicted molar refractivity (Wildman–Crippen MR) is 146 cm³/mol. The summed E-state index contributed by atoms with van der Waals surface area (Å²) in [7, 11) is 0. The van der Waals surface area contributed by atoms with E-state index in [1.807, 2.05) is 12.3 Å². The van der Waals surface area contributed by atoms with Crippen molar-refractivity contribution in [1.29, 1.82) is 0 Å². The van der Waals surface area contributed by atoms with Gasteiger partial charge in [0.05, 0.1) is 11.3 Å². The summed E-state index contributed by atoms with van der Waals surface area (Å²) >= 11 is 0. The number of furan rings is 1. The van der Waals surface area contributed by atoms with Crippen LogP contribution in [0.2, 0.25) is 0 Å². The monoisotopic (exact) mass is 669 g/mol. The first kappa shape index (κ1) is 26.8. The molecule has 2 heterocycles. The first-order valence-electron chi connectivity index (χ1n) is 12.5. The second kappa shape index (κ2) is 11.4. The number of hydrogen-bond donors (Lipinski definition) is 1. The second-order valence-electron chi connectivity index (χ2n) is 9.67. The van der Waals surface area contributed by atoms with Crippen LogP contribution in [0.4, 0.5) is 0 Å². The Morgan fingerprint density at radius 1 is 1.03 bits per heavy atom. The number of aryl methyl sites for hydroxylation is 1.